The number of carbonyl (C=O) groups excluding carboxylic acids is 1. The Morgan fingerprint density at radius 2 is 1.81 bits per heavy atom. The Hall–Kier alpha value is -3.76. The predicted octanol–water partition coefficient (Wildman–Crippen LogP) is 5.32. The van der Waals surface area contributed by atoms with Crippen LogP contribution in [0.25, 0.3) is 33.1 Å². The number of aryl methyl sites for hydroxylation is 2. The van der Waals surface area contributed by atoms with Gasteiger partial charge in [0.25, 0.3) is 0 Å². The van der Waals surface area contributed by atoms with Gasteiger partial charge in [-0.1, -0.05) is 30.3 Å². The number of thiophene rings is 1. The fourth-order valence-corrected chi connectivity index (χ4v) is 4.89. The molecular formula is C24H19N5OS. The summed E-state index contributed by atoms with van der Waals surface area (Å²) in [5.74, 6) is -0.127. The monoisotopic (exact) mass is 425 g/mol. The fraction of sp³-hybridized carbons (Fsp3) is 0.167. The summed E-state index contributed by atoms with van der Waals surface area (Å²) in [6, 6.07) is 18.0. The van der Waals surface area contributed by atoms with E-state index < -0.39 is 0 Å². The van der Waals surface area contributed by atoms with Gasteiger partial charge in [-0.2, -0.15) is 5.26 Å². The second-order valence-corrected chi connectivity index (χ2v) is 8.68. The molecule has 3 heterocycles. The largest absolute Gasteiger partial charge is 0.323 e. The van der Waals surface area contributed by atoms with Crippen LogP contribution in [0, 0.1) is 25.2 Å². The van der Waals surface area contributed by atoms with Gasteiger partial charge < -0.3 is 9.88 Å². The van der Waals surface area contributed by atoms with Crippen LogP contribution < -0.4 is 5.32 Å². The first-order valence-electron chi connectivity index (χ1n) is 10.0. The van der Waals surface area contributed by atoms with Gasteiger partial charge in [0.2, 0.25) is 5.91 Å². The van der Waals surface area contributed by atoms with Crippen LogP contribution in [0.15, 0.2) is 48.5 Å². The van der Waals surface area contributed by atoms with E-state index in [0.29, 0.717) is 17.1 Å². The van der Waals surface area contributed by atoms with Gasteiger partial charge in [0.15, 0.2) is 5.65 Å². The summed E-state index contributed by atoms with van der Waals surface area (Å²) in [7, 11) is 0. The van der Waals surface area contributed by atoms with Crippen molar-refractivity contribution < 1.29 is 4.79 Å². The van der Waals surface area contributed by atoms with E-state index in [2.05, 4.69) is 16.0 Å². The van der Waals surface area contributed by atoms with Crippen molar-refractivity contribution in [3.05, 3.63) is 64.5 Å². The number of hydrogen-bond donors (Lipinski definition) is 1. The molecule has 0 aliphatic rings. The van der Waals surface area contributed by atoms with Gasteiger partial charge in [0.1, 0.15) is 16.6 Å². The van der Waals surface area contributed by atoms with Crippen molar-refractivity contribution in [2.24, 2.45) is 0 Å². The molecule has 0 unspecified atom stereocenters. The summed E-state index contributed by atoms with van der Waals surface area (Å²) in [6.45, 7) is 4.33. The van der Waals surface area contributed by atoms with Crippen molar-refractivity contribution in [1.82, 2.24) is 14.5 Å². The minimum Gasteiger partial charge on any atom is -0.323 e. The number of benzene rings is 2. The Bertz CT molecular complexity index is 1520. The van der Waals surface area contributed by atoms with Crippen molar-refractivity contribution in [2.75, 3.05) is 5.32 Å². The van der Waals surface area contributed by atoms with Crippen LogP contribution in [0.3, 0.4) is 0 Å². The van der Waals surface area contributed by atoms with E-state index in [1.807, 2.05) is 62.4 Å². The molecule has 1 amide bonds. The van der Waals surface area contributed by atoms with Crippen molar-refractivity contribution in [2.45, 2.75) is 26.8 Å². The first-order valence-corrected chi connectivity index (χ1v) is 10.8. The van der Waals surface area contributed by atoms with Crippen LogP contribution in [0.2, 0.25) is 0 Å². The lowest BCUT2D eigenvalue weighted by Crippen LogP contribution is -2.14. The van der Waals surface area contributed by atoms with E-state index in [-0.39, 0.29) is 12.3 Å². The summed E-state index contributed by atoms with van der Waals surface area (Å²) in [5, 5.41) is 14.0. The summed E-state index contributed by atoms with van der Waals surface area (Å²) in [4.78, 5) is 23.4. The van der Waals surface area contributed by atoms with E-state index in [1.165, 1.54) is 11.3 Å². The maximum atomic E-state index is 12.7. The molecule has 0 saturated carbocycles. The highest BCUT2D eigenvalue weighted by Crippen LogP contribution is 2.32. The molecule has 5 aromatic rings. The molecule has 0 fully saturated rings. The quantitative estimate of drug-likeness (QED) is 0.423. The Kier molecular flexibility index (Phi) is 4.64. The number of nitrogens with zero attached hydrogens (tertiary/aromatic N) is 4. The van der Waals surface area contributed by atoms with Gasteiger partial charge in [-0.05, 0) is 37.6 Å². The van der Waals surface area contributed by atoms with Crippen LogP contribution in [0.4, 0.5) is 5.00 Å². The maximum Gasteiger partial charge on any atom is 0.226 e. The van der Waals surface area contributed by atoms with Gasteiger partial charge in [0.05, 0.1) is 22.1 Å². The molecule has 2 aromatic carbocycles. The van der Waals surface area contributed by atoms with E-state index in [1.54, 1.807) is 0 Å². The molecule has 0 radical (unpaired) electrons. The lowest BCUT2D eigenvalue weighted by Gasteiger charge is -2.08. The number of rotatable bonds is 4. The van der Waals surface area contributed by atoms with Crippen LogP contribution in [-0.2, 0) is 11.3 Å². The molecule has 7 heteroatoms. The van der Waals surface area contributed by atoms with Crippen molar-refractivity contribution >= 4 is 55.3 Å². The molecule has 3 aromatic heterocycles. The fourth-order valence-electron chi connectivity index (χ4n) is 3.86. The van der Waals surface area contributed by atoms with E-state index in [4.69, 9.17) is 9.97 Å². The first-order chi connectivity index (χ1) is 15.1. The number of anilines is 1. The molecule has 5 rings (SSSR count). The van der Waals surface area contributed by atoms with E-state index in [0.717, 1.165) is 43.5 Å². The Morgan fingerprint density at radius 3 is 2.58 bits per heavy atom. The maximum absolute atomic E-state index is 12.7. The number of carbonyl (C=O) groups is 1. The zero-order chi connectivity index (χ0) is 21.5. The average Bonchev–Trinajstić information content (AvgIpc) is 3.23. The van der Waals surface area contributed by atoms with Gasteiger partial charge in [-0.15, -0.1) is 11.3 Å². The van der Waals surface area contributed by atoms with Gasteiger partial charge in [-0.3, -0.25) is 4.79 Å². The lowest BCUT2D eigenvalue weighted by molar-refractivity contribution is -0.116. The summed E-state index contributed by atoms with van der Waals surface area (Å²) < 4.78 is 2.06. The lowest BCUT2D eigenvalue weighted by atomic mass is 10.2. The van der Waals surface area contributed by atoms with Gasteiger partial charge in [0, 0.05) is 23.2 Å². The Labute approximate surface area is 182 Å². The van der Waals surface area contributed by atoms with E-state index in [9.17, 15) is 10.1 Å². The number of para-hydroxylation sites is 3. The van der Waals surface area contributed by atoms with Crippen molar-refractivity contribution in [1.29, 1.82) is 5.26 Å². The number of fused-ring (bicyclic) bond motifs is 4. The first kappa shape index (κ1) is 19.2. The topological polar surface area (TPSA) is 83.6 Å². The molecule has 0 atom stereocenters. The summed E-state index contributed by atoms with van der Waals surface area (Å²) in [6.07, 6.45) is 0.267. The standard InChI is InChI=1S/C24H19N5OS/c1-14-15(2)31-24(17(14)13-25)28-21(30)11-12-29-20-10-6-3-7-16(20)22-23(29)27-19-9-5-4-8-18(19)26-22/h3-10H,11-12H2,1-2H3,(H,28,30). The third-order valence-electron chi connectivity index (χ3n) is 5.57. The highest BCUT2D eigenvalue weighted by atomic mass is 32.1. The molecule has 1 N–H and O–H groups in total. The third kappa shape index (κ3) is 3.22. The van der Waals surface area contributed by atoms with Gasteiger partial charge >= 0.3 is 0 Å². The van der Waals surface area contributed by atoms with Crippen LogP contribution >= 0.6 is 11.3 Å². The van der Waals surface area contributed by atoms with E-state index >= 15 is 0 Å². The smallest absolute Gasteiger partial charge is 0.226 e. The highest BCUT2D eigenvalue weighted by molar-refractivity contribution is 7.16. The van der Waals surface area contributed by atoms with Crippen LogP contribution in [0.1, 0.15) is 22.4 Å². The Balaban J connectivity index is 1.50. The second kappa shape index (κ2) is 7.49. The predicted molar refractivity (Wildman–Crippen MR) is 124 cm³/mol. The number of nitriles is 1. The number of amides is 1. The third-order valence-corrected chi connectivity index (χ3v) is 6.69. The zero-order valence-corrected chi connectivity index (χ0v) is 18.0. The Morgan fingerprint density at radius 1 is 1.10 bits per heavy atom. The molecular weight excluding hydrogens is 406 g/mol. The normalized spacial score (nSPS) is 11.3. The average molecular weight is 426 g/mol. The minimum atomic E-state index is -0.127. The zero-order valence-electron chi connectivity index (χ0n) is 17.1. The molecule has 0 saturated heterocycles. The number of aromatic nitrogens is 3. The van der Waals surface area contributed by atoms with Crippen molar-refractivity contribution in [3.8, 4) is 6.07 Å². The molecule has 152 valence electrons. The molecule has 6 nitrogen and oxygen atoms in total. The summed E-state index contributed by atoms with van der Waals surface area (Å²) in [5.41, 5.74) is 5.76. The SMILES string of the molecule is Cc1sc(NC(=O)CCn2c3ccccc3c3nc4ccccc4nc32)c(C#N)c1C. The molecule has 0 spiro atoms. The molecule has 0 bridgehead atoms. The molecule has 0 aliphatic carbocycles. The number of nitrogens with one attached hydrogen (secondary N) is 1. The molecule has 0 aliphatic heterocycles. The van der Waals surface area contributed by atoms with Crippen molar-refractivity contribution in [3.63, 3.8) is 0 Å². The second-order valence-electron chi connectivity index (χ2n) is 7.45. The van der Waals surface area contributed by atoms with Gasteiger partial charge in [-0.25, -0.2) is 9.97 Å². The number of hydrogen-bond acceptors (Lipinski definition) is 5. The van der Waals surface area contributed by atoms with Crippen LogP contribution in [0.5, 0.6) is 0 Å². The minimum absolute atomic E-state index is 0.127. The highest BCUT2D eigenvalue weighted by Gasteiger charge is 2.17. The van der Waals surface area contributed by atoms with Crippen LogP contribution in [-0.4, -0.2) is 20.4 Å². The molecule has 31 heavy (non-hydrogen) atoms. The summed E-state index contributed by atoms with van der Waals surface area (Å²) >= 11 is 1.44.